The summed E-state index contributed by atoms with van der Waals surface area (Å²) in [6, 6.07) is 5.41. The maximum atomic E-state index is 13.0. The fourth-order valence-electron chi connectivity index (χ4n) is 2.86. The van der Waals surface area contributed by atoms with Gasteiger partial charge in [0.25, 0.3) is 5.91 Å². The minimum Gasteiger partial charge on any atom is -0.393 e. The number of hydrogen-bond acceptors (Lipinski definition) is 6. The van der Waals surface area contributed by atoms with Gasteiger partial charge in [0.1, 0.15) is 11.5 Å². The number of Topliss-reactive ketones (excluding diaryl/α,β-unsaturated/α-hetero) is 1. The number of carbonyl (C=O) groups is 2. The van der Waals surface area contributed by atoms with E-state index in [0.29, 0.717) is 30.1 Å². The first-order chi connectivity index (χ1) is 12.3. The molecule has 2 N–H and O–H groups in total. The number of benzene rings is 1. The molecule has 1 fully saturated rings. The average molecular weight is 378 g/mol. The summed E-state index contributed by atoms with van der Waals surface area (Å²) in [4.78, 5) is 32.6. The number of aliphatic imine (C=N–C) groups is 1. The molecule has 140 valence electrons. The van der Waals surface area contributed by atoms with E-state index in [9.17, 15) is 14.0 Å². The lowest BCUT2D eigenvalue weighted by Crippen LogP contribution is -2.55. The molecule has 1 aliphatic rings. The van der Waals surface area contributed by atoms with Crippen molar-refractivity contribution < 1.29 is 14.0 Å². The summed E-state index contributed by atoms with van der Waals surface area (Å²) in [5, 5.41) is 0. The lowest BCUT2D eigenvalue weighted by atomic mass is 10.1. The summed E-state index contributed by atoms with van der Waals surface area (Å²) in [5.41, 5.74) is 6.40. The topological polar surface area (TPSA) is 79.0 Å². The van der Waals surface area contributed by atoms with Crippen molar-refractivity contribution in [2.45, 2.75) is 13.0 Å². The molecule has 1 aromatic rings. The summed E-state index contributed by atoms with van der Waals surface area (Å²) in [7, 11) is 1.58. The number of allylic oxidation sites excluding steroid dienone is 1. The van der Waals surface area contributed by atoms with E-state index in [1.54, 1.807) is 11.9 Å². The number of halogens is 1. The number of nitrogens with two attached hydrogens (primary N) is 1. The molecule has 0 aliphatic carbocycles. The Morgan fingerprint density at radius 1 is 1.35 bits per heavy atom. The van der Waals surface area contributed by atoms with E-state index < -0.39 is 0 Å². The van der Waals surface area contributed by atoms with Gasteiger partial charge < -0.3 is 10.6 Å². The molecule has 1 aliphatic heterocycles. The third kappa shape index (κ3) is 4.92. The van der Waals surface area contributed by atoms with Crippen LogP contribution >= 0.6 is 12.6 Å². The molecule has 8 heteroatoms. The molecule has 0 spiro atoms. The average Bonchev–Trinajstić information content (AvgIpc) is 2.61. The number of hydrogen-bond donors (Lipinski definition) is 2. The number of nitrogens with zero attached hydrogens (tertiary/aromatic N) is 3. The molecule has 1 atom stereocenters. The second-order valence-corrected chi connectivity index (χ2v) is 6.68. The van der Waals surface area contributed by atoms with Gasteiger partial charge in [-0.25, -0.2) is 4.39 Å². The zero-order valence-electron chi connectivity index (χ0n) is 14.9. The van der Waals surface area contributed by atoms with Crippen LogP contribution in [0.2, 0.25) is 0 Å². The van der Waals surface area contributed by atoms with E-state index in [4.69, 9.17) is 5.73 Å². The SMILES string of the molecule is CN=CC(S)=C(N)C(=O)N1CCN(CC(=O)c2ccc(F)cc2)CC1C. The van der Waals surface area contributed by atoms with Crippen LogP contribution in [0.25, 0.3) is 0 Å². The van der Waals surface area contributed by atoms with Crippen LogP contribution in [0.1, 0.15) is 17.3 Å². The Hall–Kier alpha value is -2.19. The van der Waals surface area contributed by atoms with Crippen LogP contribution in [0.4, 0.5) is 4.39 Å². The Morgan fingerprint density at radius 2 is 2.00 bits per heavy atom. The Balaban J connectivity index is 1.97. The lowest BCUT2D eigenvalue weighted by Gasteiger charge is -2.39. The van der Waals surface area contributed by atoms with Gasteiger partial charge in [0.15, 0.2) is 5.78 Å². The summed E-state index contributed by atoms with van der Waals surface area (Å²) in [6.07, 6.45) is 1.43. The van der Waals surface area contributed by atoms with E-state index in [1.807, 2.05) is 11.8 Å². The highest BCUT2D eigenvalue weighted by atomic mass is 32.1. The normalized spacial score (nSPS) is 19.5. The van der Waals surface area contributed by atoms with Crippen LogP contribution in [0.15, 0.2) is 39.9 Å². The molecular weight excluding hydrogens is 355 g/mol. The predicted molar refractivity (Wildman–Crippen MR) is 103 cm³/mol. The van der Waals surface area contributed by atoms with Gasteiger partial charge in [-0.3, -0.25) is 19.5 Å². The minimum atomic E-state index is -0.371. The number of amides is 1. The zero-order valence-corrected chi connectivity index (χ0v) is 15.7. The largest absolute Gasteiger partial charge is 0.393 e. The van der Waals surface area contributed by atoms with Crippen molar-refractivity contribution in [2.24, 2.45) is 10.7 Å². The monoisotopic (exact) mass is 378 g/mol. The molecule has 1 heterocycles. The fraction of sp³-hybridized carbons (Fsp3) is 0.389. The van der Waals surface area contributed by atoms with Gasteiger partial charge in [-0.1, -0.05) is 0 Å². The van der Waals surface area contributed by atoms with Gasteiger partial charge in [0.2, 0.25) is 0 Å². The molecule has 6 nitrogen and oxygen atoms in total. The maximum absolute atomic E-state index is 13.0. The van der Waals surface area contributed by atoms with Gasteiger partial charge in [0, 0.05) is 44.5 Å². The Morgan fingerprint density at radius 3 is 2.58 bits per heavy atom. The molecular formula is C18H23FN4O2S. The van der Waals surface area contributed by atoms with E-state index in [1.165, 1.54) is 30.5 Å². The van der Waals surface area contributed by atoms with Crippen LogP contribution < -0.4 is 5.73 Å². The standard InChI is InChI=1S/C18H23FN4O2S/c1-12-10-22(11-15(24)13-3-5-14(19)6-4-13)7-8-23(12)18(25)17(20)16(26)9-21-2/h3-6,9,12,26H,7-8,10-11,20H2,1-2H3. The molecule has 0 aromatic heterocycles. The van der Waals surface area contributed by atoms with Gasteiger partial charge in [-0.15, -0.1) is 12.6 Å². The highest BCUT2D eigenvalue weighted by Crippen LogP contribution is 2.15. The number of rotatable bonds is 5. The zero-order chi connectivity index (χ0) is 19.3. The molecule has 1 amide bonds. The second-order valence-electron chi connectivity index (χ2n) is 6.20. The Bertz CT molecular complexity index is 733. The molecule has 1 unspecified atom stereocenters. The Kier molecular flexibility index (Phi) is 6.93. The van der Waals surface area contributed by atoms with Crippen molar-refractivity contribution >= 4 is 30.5 Å². The van der Waals surface area contributed by atoms with E-state index >= 15 is 0 Å². The smallest absolute Gasteiger partial charge is 0.271 e. The number of piperazine rings is 1. The van der Waals surface area contributed by atoms with Gasteiger partial charge in [0.05, 0.1) is 11.4 Å². The quantitative estimate of drug-likeness (QED) is 0.351. The summed E-state index contributed by atoms with van der Waals surface area (Å²) < 4.78 is 13.0. The van der Waals surface area contributed by atoms with Crippen molar-refractivity contribution in [1.82, 2.24) is 9.80 Å². The summed E-state index contributed by atoms with van der Waals surface area (Å²) >= 11 is 4.18. The van der Waals surface area contributed by atoms with Crippen LogP contribution in [0.3, 0.4) is 0 Å². The first-order valence-electron chi connectivity index (χ1n) is 8.26. The predicted octanol–water partition coefficient (Wildman–Crippen LogP) is 1.34. The number of carbonyl (C=O) groups excluding carboxylic acids is 2. The van der Waals surface area contributed by atoms with Crippen molar-refractivity contribution in [3.63, 3.8) is 0 Å². The molecule has 26 heavy (non-hydrogen) atoms. The van der Waals surface area contributed by atoms with Gasteiger partial charge in [-0.2, -0.15) is 0 Å². The van der Waals surface area contributed by atoms with Crippen molar-refractivity contribution in [3.8, 4) is 0 Å². The van der Waals surface area contributed by atoms with Crippen molar-refractivity contribution in [1.29, 1.82) is 0 Å². The molecule has 0 radical (unpaired) electrons. The molecule has 1 aromatic carbocycles. The fourth-order valence-corrected chi connectivity index (χ4v) is 3.08. The van der Waals surface area contributed by atoms with Crippen LogP contribution in [-0.4, -0.2) is 67.0 Å². The highest BCUT2D eigenvalue weighted by molar-refractivity contribution is 7.85. The first kappa shape index (κ1) is 20.1. The van der Waals surface area contributed by atoms with Gasteiger partial charge in [-0.05, 0) is 31.2 Å². The Labute approximate surface area is 158 Å². The van der Waals surface area contributed by atoms with Crippen molar-refractivity contribution in [3.05, 3.63) is 46.2 Å². The third-order valence-corrected chi connectivity index (χ3v) is 4.62. The minimum absolute atomic E-state index is 0.0571. The van der Waals surface area contributed by atoms with Crippen LogP contribution in [-0.2, 0) is 4.79 Å². The number of ketones is 1. The summed E-state index contributed by atoms with van der Waals surface area (Å²) in [5.74, 6) is -0.732. The maximum Gasteiger partial charge on any atom is 0.271 e. The molecule has 0 bridgehead atoms. The third-order valence-electron chi connectivity index (χ3n) is 4.26. The number of thiol groups is 1. The van der Waals surface area contributed by atoms with Crippen LogP contribution in [0.5, 0.6) is 0 Å². The van der Waals surface area contributed by atoms with E-state index in [2.05, 4.69) is 17.6 Å². The summed E-state index contributed by atoms with van der Waals surface area (Å²) in [6.45, 7) is 3.70. The van der Waals surface area contributed by atoms with Crippen LogP contribution in [0, 0.1) is 5.82 Å². The molecule has 1 saturated heterocycles. The lowest BCUT2D eigenvalue weighted by molar-refractivity contribution is -0.131. The molecule has 0 saturated carbocycles. The van der Waals surface area contributed by atoms with E-state index in [-0.39, 0.29) is 35.8 Å². The van der Waals surface area contributed by atoms with E-state index in [0.717, 1.165) is 0 Å². The van der Waals surface area contributed by atoms with Crippen molar-refractivity contribution in [2.75, 3.05) is 33.2 Å². The second kappa shape index (κ2) is 8.95. The molecule has 2 rings (SSSR count). The first-order valence-corrected chi connectivity index (χ1v) is 8.71. The van der Waals surface area contributed by atoms with Gasteiger partial charge >= 0.3 is 0 Å². The highest BCUT2D eigenvalue weighted by Gasteiger charge is 2.29.